The Kier molecular flexibility index (Phi) is 14.2. The number of nitrogens with zero attached hydrogens (tertiary/aromatic N) is 3. The summed E-state index contributed by atoms with van der Waals surface area (Å²) >= 11 is 0. The zero-order valence-electron chi connectivity index (χ0n) is 32.6. The number of benzene rings is 1. The molecule has 16 heteroatoms. The summed E-state index contributed by atoms with van der Waals surface area (Å²) in [6.45, 7) is 4.50. The molecule has 1 aromatic carbocycles. The molecule has 7 atom stereocenters. The van der Waals surface area contributed by atoms with Gasteiger partial charge in [0.2, 0.25) is 35.4 Å². The van der Waals surface area contributed by atoms with Gasteiger partial charge in [-0.15, -0.1) is 0 Å². The van der Waals surface area contributed by atoms with Crippen LogP contribution in [-0.2, 0) is 44.7 Å². The molecule has 3 aliphatic heterocycles. The number of likely N-dealkylation sites (N-methyl/N-ethyl adjacent to an activating group) is 1. The van der Waals surface area contributed by atoms with E-state index in [1.807, 2.05) is 6.92 Å². The third kappa shape index (κ3) is 10.5. The second kappa shape index (κ2) is 18.8. The van der Waals surface area contributed by atoms with Crippen LogP contribution in [0.1, 0.15) is 84.1 Å². The fraction of sp³-hybridized carbons (Fsp3) is 0.625. The van der Waals surface area contributed by atoms with Gasteiger partial charge in [0.25, 0.3) is 0 Å². The number of allylic oxidation sites excluding steroid dienone is 1. The zero-order chi connectivity index (χ0) is 40.7. The summed E-state index contributed by atoms with van der Waals surface area (Å²) in [5.41, 5.74) is 0.0622. The Bertz CT molecular complexity index is 1680. The molecule has 0 aromatic heterocycles. The van der Waals surface area contributed by atoms with Gasteiger partial charge in [-0.25, -0.2) is 13.6 Å². The highest BCUT2D eigenvalue weighted by atomic mass is 19.1. The first-order chi connectivity index (χ1) is 26.6. The molecule has 5 rings (SSSR count). The maximum absolute atomic E-state index is 14.3. The van der Waals surface area contributed by atoms with Crippen LogP contribution in [0.5, 0.6) is 0 Å². The summed E-state index contributed by atoms with van der Waals surface area (Å²) in [6, 6.07) is -4.36. The molecule has 14 nitrogen and oxygen atoms in total. The Morgan fingerprint density at radius 2 is 1.57 bits per heavy atom. The van der Waals surface area contributed by atoms with Crippen molar-refractivity contribution in [2.45, 2.75) is 121 Å². The van der Waals surface area contributed by atoms with Gasteiger partial charge in [-0.3, -0.25) is 28.8 Å². The Morgan fingerprint density at radius 1 is 0.893 bits per heavy atom. The molecule has 3 N–H and O–H groups in total. The lowest BCUT2D eigenvalue weighted by atomic mass is 10.00. The number of nitrogens with one attached hydrogen (secondary N) is 3. The Morgan fingerprint density at radius 3 is 2.25 bits per heavy atom. The summed E-state index contributed by atoms with van der Waals surface area (Å²) in [7, 11) is 1.43. The van der Waals surface area contributed by atoms with Crippen LogP contribution < -0.4 is 16.0 Å². The van der Waals surface area contributed by atoms with E-state index in [1.165, 1.54) is 41.7 Å². The summed E-state index contributed by atoms with van der Waals surface area (Å²) in [5.74, 6) is -6.46. The minimum atomic E-state index is -1.56. The van der Waals surface area contributed by atoms with Crippen LogP contribution in [0, 0.1) is 23.5 Å². The van der Waals surface area contributed by atoms with Crippen molar-refractivity contribution in [1.82, 2.24) is 30.7 Å². The number of carbonyl (C=O) groups is 7. The molecular formula is C40H54F2N6O8. The number of hydrogen-bond acceptors (Lipinski definition) is 8. The Balaban J connectivity index is 1.44. The average Bonchev–Trinajstić information content (AvgIpc) is 3.72. The fourth-order valence-corrected chi connectivity index (χ4v) is 8.08. The van der Waals surface area contributed by atoms with Crippen LogP contribution in [0.2, 0.25) is 0 Å². The average molecular weight is 785 g/mol. The number of ether oxygens (including phenoxy) is 1. The van der Waals surface area contributed by atoms with Crippen LogP contribution in [0.3, 0.4) is 0 Å². The van der Waals surface area contributed by atoms with Crippen molar-refractivity contribution < 1.29 is 47.1 Å². The molecule has 0 bridgehead atoms. The minimum Gasteiger partial charge on any atom is -0.461 e. The Labute approximate surface area is 326 Å². The molecule has 4 fully saturated rings. The molecule has 3 saturated heterocycles. The smallest absolute Gasteiger partial charge is 0.328 e. The van der Waals surface area contributed by atoms with Crippen LogP contribution in [-0.4, -0.2) is 119 Å². The molecule has 0 radical (unpaired) electrons. The molecule has 0 spiro atoms. The summed E-state index contributed by atoms with van der Waals surface area (Å²) in [6.07, 6.45) is 9.88. The molecule has 1 saturated carbocycles. The van der Waals surface area contributed by atoms with E-state index in [0.29, 0.717) is 12.5 Å². The normalized spacial score (nSPS) is 28.0. The number of esters is 1. The van der Waals surface area contributed by atoms with Gasteiger partial charge in [-0.2, -0.15) is 0 Å². The quantitative estimate of drug-likeness (QED) is 0.214. The number of rotatable bonds is 7. The molecule has 3 heterocycles. The van der Waals surface area contributed by atoms with Crippen LogP contribution >= 0.6 is 0 Å². The first kappa shape index (κ1) is 42.3. The summed E-state index contributed by atoms with van der Waals surface area (Å²) < 4.78 is 34.2. The highest BCUT2D eigenvalue weighted by molar-refractivity contribution is 5.98. The second-order valence-electron chi connectivity index (χ2n) is 15.7. The third-order valence-electron chi connectivity index (χ3n) is 11.3. The first-order valence-electron chi connectivity index (χ1n) is 19.7. The number of hydrogen-bond donors (Lipinski definition) is 3. The lowest BCUT2D eigenvalue weighted by Crippen LogP contribution is -2.60. The van der Waals surface area contributed by atoms with E-state index in [0.717, 1.165) is 50.7 Å². The molecule has 306 valence electrons. The predicted octanol–water partition coefficient (Wildman–Crippen LogP) is 2.14. The summed E-state index contributed by atoms with van der Waals surface area (Å²) in [4.78, 5) is 99.7. The Hall–Kier alpha value is -4.89. The SMILES string of the molecule is C[C@@H]1C[C@H]2C(=O)OC[C@H](NC(=O)[C@H](Cc3cc(F)cc(F)c3)NC(=O)/C=C/C3CCCCCC3)C(=O)N3CCC[C@H]3C(=O)N(C)[C@@H](C)C(=O)N[C@@H](C)C(=O)N2C1. The molecule has 1 aliphatic carbocycles. The van der Waals surface area contributed by atoms with E-state index in [4.69, 9.17) is 4.74 Å². The molecule has 1 aromatic rings. The molecule has 0 unspecified atom stereocenters. The predicted molar refractivity (Wildman–Crippen MR) is 199 cm³/mol. The molecular weight excluding hydrogens is 730 g/mol. The van der Waals surface area contributed by atoms with E-state index < -0.39 is 95.9 Å². The number of amides is 6. The summed E-state index contributed by atoms with van der Waals surface area (Å²) in [5, 5.41) is 7.87. The van der Waals surface area contributed by atoms with Crippen molar-refractivity contribution in [2.75, 3.05) is 26.7 Å². The highest BCUT2D eigenvalue weighted by Crippen LogP contribution is 2.27. The largest absolute Gasteiger partial charge is 0.461 e. The van der Waals surface area contributed by atoms with Gasteiger partial charge in [0.1, 0.15) is 54.5 Å². The topological polar surface area (TPSA) is 175 Å². The van der Waals surface area contributed by atoms with Gasteiger partial charge in [0, 0.05) is 32.6 Å². The first-order valence-corrected chi connectivity index (χ1v) is 19.7. The fourth-order valence-electron chi connectivity index (χ4n) is 8.08. The van der Waals surface area contributed by atoms with Crippen LogP contribution in [0.15, 0.2) is 30.4 Å². The van der Waals surface area contributed by atoms with Gasteiger partial charge >= 0.3 is 5.97 Å². The van der Waals surface area contributed by atoms with Crippen molar-refractivity contribution in [3.8, 4) is 0 Å². The van der Waals surface area contributed by atoms with E-state index in [9.17, 15) is 42.3 Å². The van der Waals surface area contributed by atoms with Crippen molar-refractivity contribution in [3.05, 3.63) is 47.5 Å². The molecule has 56 heavy (non-hydrogen) atoms. The monoisotopic (exact) mass is 784 g/mol. The lowest BCUT2D eigenvalue weighted by molar-refractivity contribution is -0.158. The van der Waals surface area contributed by atoms with E-state index in [-0.39, 0.29) is 49.8 Å². The van der Waals surface area contributed by atoms with Crippen molar-refractivity contribution in [1.29, 1.82) is 0 Å². The molecule has 4 aliphatic rings. The second-order valence-corrected chi connectivity index (χ2v) is 15.7. The van der Waals surface area contributed by atoms with Gasteiger partial charge in [-0.05, 0) is 81.6 Å². The number of cyclic esters (lactones) is 1. The van der Waals surface area contributed by atoms with Gasteiger partial charge in [-0.1, -0.05) is 38.7 Å². The van der Waals surface area contributed by atoms with E-state index in [2.05, 4.69) is 16.0 Å². The third-order valence-corrected chi connectivity index (χ3v) is 11.3. The lowest BCUT2D eigenvalue weighted by Gasteiger charge is -2.34. The standard InChI is InChI=1S/C40H54F2N6O8/c1-23-16-33-40(55)56-22-31(38(53)47-15-9-12-32(47)39(54)46(4)25(3)35(50)43-24(2)37(52)48(33)21-23)45-36(51)30(19-27-17-28(41)20-29(42)18-27)44-34(49)14-13-26-10-7-5-6-8-11-26/h13-14,17-18,20,23-26,30-33H,5-12,15-16,19,21-22H2,1-4H3,(H,43,50)(H,44,49)(H,45,51)/b14-13+/t23-,24+,25+,30+,31+,32+,33+/m1/s1. The van der Waals surface area contributed by atoms with E-state index >= 15 is 0 Å². The minimum absolute atomic E-state index is 0.0622. The molecule has 6 amide bonds. The van der Waals surface area contributed by atoms with Crippen LogP contribution in [0.25, 0.3) is 0 Å². The van der Waals surface area contributed by atoms with Crippen molar-refractivity contribution >= 4 is 41.4 Å². The van der Waals surface area contributed by atoms with Crippen LogP contribution in [0.4, 0.5) is 8.78 Å². The van der Waals surface area contributed by atoms with Gasteiger partial charge in [0.15, 0.2) is 0 Å². The number of halogens is 2. The zero-order valence-corrected chi connectivity index (χ0v) is 32.6. The highest BCUT2D eigenvalue weighted by Gasteiger charge is 2.44. The van der Waals surface area contributed by atoms with Gasteiger partial charge < -0.3 is 35.4 Å². The van der Waals surface area contributed by atoms with Gasteiger partial charge in [0.05, 0.1) is 0 Å². The van der Waals surface area contributed by atoms with E-state index in [1.54, 1.807) is 6.08 Å². The number of carbonyl (C=O) groups excluding carboxylic acids is 7. The maximum atomic E-state index is 14.3. The van der Waals surface area contributed by atoms with Crippen molar-refractivity contribution in [3.63, 3.8) is 0 Å². The van der Waals surface area contributed by atoms with Crippen molar-refractivity contribution in [2.24, 2.45) is 11.8 Å². The maximum Gasteiger partial charge on any atom is 0.328 e. The number of fused-ring (bicyclic) bond motifs is 2.